The first-order chi connectivity index (χ1) is 32.9. The van der Waals surface area contributed by atoms with Gasteiger partial charge in [0.1, 0.15) is 43.2 Å². The molecule has 0 saturated heterocycles. The largest absolute Gasteiger partial charge is 0.472 e. The second kappa shape index (κ2) is 39.0. The lowest BCUT2D eigenvalue weighted by molar-refractivity contribution is -0.216. The molecule has 0 spiro atoms. The van der Waals surface area contributed by atoms with Gasteiger partial charge < -0.3 is 54.8 Å². The van der Waals surface area contributed by atoms with Crippen molar-refractivity contribution in [3.05, 3.63) is 72.9 Å². The number of hydrogen-bond acceptors (Lipinski definition) is 15. The zero-order valence-electron chi connectivity index (χ0n) is 40.7. The van der Waals surface area contributed by atoms with Crippen molar-refractivity contribution in [2.24, 2.45) is 0 Å². The van der Waals surface area contributed by atoms with Crippen molar-refractivity contribution in [1.82, 2.24) is 0 Å². The summed E-state index contributed by atoms with van der Waals surface area (Å²) in [5.41, 5.74) is 0. The Morgan fingerprint density at radius 3 is 1.64 bits per heavy atom. The molecule has 0 bridgehead atoms. The van der Waals surface area contributed by atoms with E-state index in [1.807, 2.05) is 6.08 Å². The summed E-state index contributed by atoms with van der Waals surface area (Å²) in [7, 11) is -10.8. The number of rotatable bonds is 40. The SMILES string of the molecule is CCCCC/C=C\C/C=C\CCCCCCCCCC(=O)O[C@H](COC(=O)CCC[C@H](O)\C=C/C=C/C=C/[C@H](O)C/C=C\CCCCC)COP(=O)(O)O[C@H]1C(O)C(O)C(O)[C@@H](OP(=O)(O)O)C1O. The Kier molecular flexibility index (Phi) is 36.3. The molecule has 20 heteroatoms. The van der Waals surface area contributed by atoms with E-state index in [1.165, 1.54) is 31.8 Å². The minimum absolute atomic E-state index is 0.0209. The molecule has 1 aliphatic carbocycles. The van der Waals surface area contributed by atoms with Gasteiger partial charge in [-0.2, -0.15) is 0 Å². The molecule has 0 heterocycles. The number of esters is 2. The second-order valence-corrected chi connectivity index (χ2v) is 19.8. The highest BCUT2D eigenvalue weighted by Gasteiger charge is 2.54. The molecule has 9 N–H and O–H groups in total. The van der Waals surface area contributed by atoms with Gasteiger partial charge in [0.25, 0.3) is 0 Å². The predicted octanol–water partition coefficient (Wildman–Crippen LogP) is 7.56. The molecule has 0 amide bonds. The lowest BCUT2D eigenvalue weighted by Gasteiger charge is -2.43. The smallest absolute Gasteiger partial charge is 0.462 e. The van der Waals surface area contributed by atoms with Crippen LogP contribution in [0.3, 0.4) is 0 Å². The monoisotopic (exact) mass is 1020 g/mol. The van der Waals surface area contributed by atoms with E-state index < -0.39 is 95.7 Å². The van der Waals surface area contributed by atoms with E-state index >= 15 is 0 Å². The number of phosphoric acid groups is 2. The third-order valence-electron chi connectivity index (χ3n) is 10.9. The van der Waals surface area contributed by atoms with E-state index in [2.05, 4.69) is 48.8 Å². The fourth-order valence-electron chi connectivity index (χ4n) is 7.01. The van der Waals surface area contributed by atoms with Crippen molar-refractivity contribution >= 4 is 27.6 Å². The number of aliphatic hydroxyl groups excluding tert-OH is 6. The van der Waals surface area contributed by atoms with E-state index in [-0.39, 0.29) is 25.7 Å². The van der Waals surface area contributed by atoms with Crippen LogP contribution in [-0.4, -0.2) is 125 Å². The van der Waals surface area contributed by atoms with Crippen LogP contribution in [-0.2, 0) is 41.8 Å². The van der Waals surface area contributed by atoms with E-state index in [9.17, 15) is 64.0 Å². The third kappa shape index (κ3) is 33.6. The molecule has 0 aliphatic heterocycles. The number of phosphoric ester groups is 2. The molecule has 10 atom stereocenters. The van der Waals surface area contributed by atoms with E-state index in [0.717, 1.165) is 77.0 Å². The molecular formula is C49H84O18P2. The molecular weight excluding hydrogens is 938 g/mol. The van der Waals surface area contributed by atoms with Gasteiger partial charge in [-0.15, -0.1) is 0 Å². The van der Waals surface area contributed by atoms with Gasteiger partial charge in [-0.3, -0.25) is 23.2 Å². The van der Waals surface area contributed by atoms with E-state index in [0.29, 0.717) is 12.8 Å². The van der Waals surface area contributed by atoms with Crippen molar-refractivity contribution in [2.45, 2.75) is 210 Å². The molecule has 0 aromatic rings. The fourth-order valence-corrected chi connectivity index (χ4v) is 8.55. The van der Waals surface area contributed by atoms with Crippen LogP contribution in [0.4, 0.5) is 0 Å². The van der Waals surface area contributed by atoms with Crippen molar-refractivity contribution in [2.75, 3.05) is 13.2 Å². The summed E-state index contributed by atoms with van der Waals surface area (Å²) in [5.74, 6) is -1.46. The molecule has 0 aromatic carbocycles. The van der Waals surface area contributed by atoms with Crippen LogP contribution in [0.1, 0.15) is 155 Å². The zero-order valence-corrected chi connectivity index (χ0v) is 42.5. The van der Waals surface area contributed by atoms with Crippen molar-refractivity contribution in [1.29, 1.82) is 0 Å². The first-order valence-corrected chi connectivity index (χ1v) is 27.7. The standard InChI is InChI=1S/C49H84O18P2/c1-3-5-7-9-11-12-13-14-15-16-17-18-19-20-21-23-29-35-43(53)65-41(38-64-69(61,62)67-49-46(56)44(54)45(55)48(47(49)57)66-68(58,59)60)37-63-42(52)36-30-34-40(51)33-28-25-24-27-32-39(50)31-26-22-10-8-6-4-2/h11-12,14-15,22,24-28,32-33,39-41,44-51,54-57H,3-10,13,16-21,23,29-31,34-38H2,1-2H3,(H,61,62)(H2,58,59,60)/b12-11-,15-14-,25-24+,26-22-,32-27+,33-28-/t39-,40-,41-,44?,45?,46?,47?,48-,49+/m1/s1. The summed E-state index contributed by atoms with van der Waals surface area (Å²) in [6.07, 6.45) is 24.6. The van der Waals surface area contributed by atoms with Crippen molar-refractivity contribution in [3.63, 3.8) is 0 Å². The van der Waals surface area contributed by atoms with Crippen LogP contribution in [0.25, 0.3) is 0 Å². The Hall–Kier alpha value is -2.64. The molecule has 0 radical (unpaired) electrons. The van der Waals surface area contributed by atoms with Gasteiger partial charge in [0.15, 0.2) is 6.10 Å². The second-order valence-electron chi connectivity index (χ2n) is 17.2. The maximum Gasteiger partial charge on any atom is 0.472 e. The lowest BCUT2D eigenvalue weighted by atomic mass is 9.85. The number of carbonyl (C=O) groups excluding carboxylic acids is 2. The number of hydrogen-bond donors (Lipinski definition) is 9. The Bertz CT molecular complexity index is 1640. The predicted molar refractivity (Wildman–Crippen MR) is 262 cm³/mol. The summed E-state index contributed by atoms with van der Waals surface area (Å²) in [4.78, 5) is 54.4. The van der Waals surface area contributed by atoms with Crippen LogP contribution in [0.5, 0.6) is 0 Å². The summed E-state index contributed by atoms with van der Waals surface area (Å²) in [6.45, 7) is 2.81. The summed E-state index contributed by atoms with van der Waals surface area (Å²) in [6, 6.07) is 0. The van der Waals surface area contributed by atoms with Gasteiger partial charge in [-0.05, 0) is 70.6 Å². The summed E-state index contributed by atoms with van der Waals surface area (Å²) < 4.78 is 49.2. The molecule has 1 fully saturated rings. The van der Waals surface area contributed by atoms with E-state index in [1.54, 1.807) is 30.4 Å². The van der Waals surface area contributed by atoms with Gasteiger partial charge in [-0.1, -0.05) is 145 Å². The van der Waals surface area contributed by atoms with Crippen molar-refractivity contribution in [3.8, 4) is 0 Å². The lowest BCUT2D eigenvalue weighted by Crippen LogP contribution is -2.64. The molecule has 398 valence electrons. The van der Waals surface area contributed by atoms with E-state index in [4.69, 9.17) is 18.5 Å². The molecule has 1 aliphatic rings. The van der Waals surface area contributed by atoms with Crippen LogP contribution in [0, 0.1) is 0 Å². The van der Waals surface area contributed by atoms with Crippen LogP contribution in [0.15, 0.2) is 72.9 Å². The highest BCUT2D eigenvalue weighted by atomic mass is 31.2. The normalized spacial score (nSPS) is 22.7. The molecule has 1 saturated carbocycles. The highest BCUT2D eigenvalue weighted by Crippen LogP contribution is 2.49. The summed E-state index contributed by atoms with van der Waals surface area (Å²) in [5, 5.41) is 61.6. The number of carbonyl (C=O) groups is 2. The molecule has 18 nitrogen and oxygen atoms in total. The Morgan fingerprint density at radius 1 is 0.551 bits per heavy atom. The van der Waals surface area contributed by atoms with Gasteiger partial charge in [-0.25, -0.2) is 9.13 Å². The topological polar surface area (TPSA) is 296 Å². The van der Waals surface area contributed by atoms with Crippen LogP contribution in [0.2, 0.25) is 0 Å². The van der Waals surface area contributed by atoms with Crippen LogP contribution < -0.4 is 0 Å². The molecule has 1 rings (SSSR count). The first-order valence-electron chi connectivity index (χ1n) is 24.7. The minimum Gasteiger partial charge on any atom is -0.462 e. The Labute approximate surface area is 409 Å². The van der Waals surface area contributed by atoms with Gasteiger partial charge in [0.2, 0.25) is 0 Å². The molecule has 69 heavy (non-hydrogen) atoms. The minimum atomic E-state index is -5.40. The van der Waals surface area contributed by atoms with Gasteiger partial charge >= 0.3 is 27.6 Å². The highest BCUT2D eigenvalue weighted by molar-refractivity contribution is 7.47. The average molecular weight is 1020 g/mol. The maximum atomic E-state index is 13.0. The number of unbranched alkanes of at least 4 members (excludes halogenated alkanes) is 13. The molecule has 5 unspecified atom stereocenters. The molecule has 0 aromatic heterocycles. The first kappa shape index (κ1) is 64.4. The fraction of sp³-hybridized carbons (Fsp3) is 0.714. The van der Waals surface area contributed by atoms with Gasteiger partial charge in [0.05, 0.1) is 18.8 Å². The third-order valence-corrected chi connectivity index (χ3v) is 12.4. The Morgan fingerprint density at radius 2 is 1.06 bits per heavy atom. The zero-order chi connectivity index (χ0) is 51.3. The van der Waals surface area contributed by atoms with Gasteiger partial charge in [0, 0.05) is 12.8 Å². The number of allylic oxidation sites excluding steroid dienone is 9. The number of aliphatic hydroxyl groups is 6. The Balaban J connectivity index is 2.69. The van der Waals surface area contributed by atoms with Crippen LogP contribution >= 0.6 is 15.6 Å². The van der Waals surface area contributed by atoms with Crippen molar-refractivity contribution < 1.29 is 87.1 Å². The quantitative estimate of drug-likeness (QED) is 0.00940. The average Bonchev–Trinajstić information content (AvgIpc) is 3.29. The summed E-state index contributed by atoms with van der Waals surface area (Å²) >= 11 is 0. The maximum absolute atomic E-state index is 13.0. The number of ether oxygens (including phenoxy) is 2.